The molecule has 0 aromatic heterocycles. The van der Waals surface area contributed by atoms with Gasteiger partial charge < -0.3 is 16.0 Å². The quantitative estimate of drug-likeness (QED) is 0.329. The minimum absolute atomic E-state index is 0.272. The Morgan fingerprint density at radius 3 is 2.24 bits per heavy atom. The van der Waals surface area contributed by atoms with Crippen molar-refractivity contribution in [2.75, 3.05) is 6.54 Å². The van der Waals surface area contributed by atoms with E-state index in [-0.39, 0.29) is 12.1 Å². The molecule has 0 rings (SSSR count). The minimum Gasteiger partial charge on any atom is -0.354 e. The zero-order valence-electron chi connectivity index (χ0n) is 14.7. The van der Waals surface area contributed by atoms with Gasteiger partial charge in [-0.15, -0.1) is 6.58 Å². The van der Waals surface area contributed by atoms with Gasteiger partial charge in [0.05, 0.1) is 0 Å². The smallest absolute Gasteiger partial charge is 0.115 e. The SMILES string of the molecule is C=CC(C)C(=C(CCC)CCCC)N(CC)C(N)C(C)=N. The van der Waals surface area contributed by atoms with Crippen LogP contribution in [-0.2, 0) is 0 Å². The molecule has 3 nitrogen and oxygen atoms in total. The molecule has 0 saturated heterocycles. The summed E-state index contributed by atoms with van der Waals surface area (Å²) in [5, 5.41) is 7.89. The van der Waals surface area contributed by atoms with Crippen LogP contribution in [0, 0.1) is 11.3 Å². The molecule has 0 aliphatic heterocycles. The van der Waals surface area contributed by atoms with Crippen LogP contribution in [0.2, 0.25) is 0 Å². The topological polar surface area (TPSA) is 53.1 Å². The van der Waals surface area contributed by atoms with Crippen molar-refractivity contribution in [2.45, 2.75) is 72.9 Å². The van der Waals surface area contributed by atoms with Crippen molar-refractivity contribution >= 4 is 5.71 Å². The standard InChI is InChI=1S/C18H35N3/c1-7-11-13-16(12-8-2)17(14(5)9-3)21(10-4)18(20)15(6)19/h9,14,18-19H,3,7-8,10-13,20H2,1-2,4-6H3. The first kappa shape index (κ1) is 19.9. The number of hydrogen-bond acceptors (Lipinski definition) is 3. The molecule has 21 heavy (non-hydrogen) atoms. The van der Waals surface area contributed by atoms with Crippen LogP contribution in [0.25, 0.3) is 0 Å². The van der Waals surface area contributed by atoms with Gasteiger partial charge in [0.25, 0.3) is 0 Å². The summed E-state index contributed by atoms with van der Waals surface area (Å²) in [5.41, 5.74) is 9.56. The summed E-state index contributed by atoms with van der Waals surface area (Å²) < 4.78 is 0. The Hall–Kier alpha value is -1.09. The molecule has 122 valence electrons. The number of nitrogens with two attached hydrogens (primary N) is 1. The summed E-state index contributed by atoms with van der Waals surface area (Å²) in [6, 6.07) is 0. The molecule has 0 amide bonds. The maximum atomic E-state index is 7.89. The van der Waals surface area contributed by atoms with Crippen molar-refractivity contribution < 1.29 is 0 Å². The van der Waals surface area contributed by atoms with Crippen LogP contribution >= 0.6 is 0 Å². The van der Waals surface area contributed by atoms with Crippen LogP contribution in [0.4, 0.5) is 0 Å². The fraction of sp³-hybridized carbons (Fsp3) is 0.722. The largest absolute Gasteiger partial charge is 0.354 e. The summed E-state index contributed by atoms with van der Waals surface area (Å²) >= 11 is 0. The molecular weight excluding hydrogens is 258 g/mol. The highest BCUT2D eigenvalue weighted by atomic mass is 15.2. The van der Waals surface area contributed by atoms with Crippen LogP contribution in [0.3, 0.4) is 0 Å². The molecule has 0 aliphatic rings. The maximum Gasteiger partial charge on any atom is 0.115 e. The highest BCUT2D eigenvalue weighted by Crippen LogP contribution is 2.28. The van der Waals surface area contributed by atoms with Gasteiger partial charge in [0.15, 0.2) is 0 Å². The number of unbranched alkanes of at least 4 members (excludes halogenated alkanes) is 1. The predicted octanol–water partition coefficient (Wildman–Crippen LogP) is 4.70. The number of nitrogens with one attached hydrogen (secondary N) is 1. The Balaban J connectivity index is 5.75. The van der Waals surface area contributed by atoms with Crippen LogP contribution in [-0.4, -0.2) is 23.3 Å². The zero-order chi connectivity index (χ0) is 16.4. The number of hydrogen-bond donors (Lipinski definition) is 2. The van der Waals surface area contributed by atoms with E-state index in [1.54, 1.807) is 6.92 Å². The maximum absolute atomic E-state index is 7.89. The van der Waals surface area contributed by atoms with Crippen molar-refractivity contribution in [3.05, 3.63) is 23.9 Å². The zero-order valence-corrected chi connectivity index (χ0v) is 14.7. The van der Waals surface area contributed by atoms with Gasteiger partial charge in [0.2, 0.25) is 0 Å². The second-order valence-corrected chi connectivity index (χ2v) is 5.78. The Bertz CT molecular complexity index is 357. The van der Waals surface area contributed by atoms with Crippen LogP contribution in [0.5, 0.6) is 0 Å². The van der Waals surface area contributed by atoms with E-state index in [0.29, 0.717) is 5.71 Å². The second kappa shape index (κ2) is 10.6. The van der Waals surface area contributed by atoms with Gasteiger partial charge in [0, 0.05) is 23.9 Å². The predicted molar refractivity (Wildman–Crippen MR) is 94.6 cm³/mol. The normalized spacial score (nSPS) is 15.1. The highest BCUT2D eigenvalue weighted by molar-refractivity contribution is 5.83. The van der Waals surface area contributed by atoms with Crippen LogP contribution in [0.15, 0.2) is 23.9 Å². The van der Waals surface area contributed by atoms with Crippen molar-refractivity contribution in [1.29, 1.82) is 5.41 Å². The monoisotopic (exact) mass is 293 g/mol. The molecule has 0 aromatic carbocycles. The van der Waals surface area contributed by atoms with Crippen molar-refractivity contribution in [3.8, 4) is 0 Å². The Morgan fingerprint density at radius 2 is 1.86 bits per heavy atom. The van der Waals surface area contributed by atoms with E-state index in [0.717, 1.165) is 25.8 Å². The van der Waals surface area contributed by atoms with E-state index in [9.17, 15) is 0 Å². The molecule has 0 saturated carbocycles. The Kier molecular flexibility index (Phi) is 10.1. The third kappa shape index (κ3) is 6.04. The van der Waals surface area contributed by atoms with Gasteiger partial charge in [-0.1, -0.05) is 45.3 Å². The molecule has 0 fully saturated rings. The molecule has 0 spiro atoms. The first-order valence-electron chi connectivity index (χ1n) is 8.36. The average molecular weight is 293 g/mol. The third-order valence-corrected chi connectivity index (χ3v) is 3.96. The summed E-state index contributed by atoms with van der Waals surface area (Å²) in [4.78, 5) is 2.19. The van der Waals surface area contributed by atoms with Gasteiger partial charge in [-0.3, -0.25) is 0 Å². The lowest BCUT2D eigenvalue weighted by Crippen LogP contribution is -2.47. The number of rotatable bonds is 11. The van der Waals surface area contributed by atoms with E-state index in [4.69, 9.17) is 11.1 Å². The molecule has 0 aromatic rings. The van der Waals surface area contributed by atoms with Crippen molar-refractivity contribution in [2.24, 2.45) is 11.7 Å². The van der Waals surface area contributed by atoms with Gasteiger partial charge in [-0.2, -0.15) is 0 Å². The van der Waals surface area contributed by atoms with Crippen molar-refractivity contribution in [1.82, 2.24) is 4.90 Å². The molecule has 0 radical (unpaired) electrons. The van der Waals surface area contributed by atoms with Crippen LogP contribution in [0.1, 0.15) is 66.7 Å². The van der Waals surface area contributed by atoms with Gasteiger partial charge in [-0.05, 0) is 33.1 Å². The van der Waals surface area contributed by atoms with E-state index in [1.165, 1.54) is 24.1 Å². The fourth-order valence-electron chi connectivity index (χ4n) is 2.72. The third-order valence-electron chi connectivity index (χ3n) is 3.96. The number of nitrogens with zero attached hydrogens (tertiary/aromatic N) is 1. The summed E-state index contributed by atoms with van der Waals surface area (Å²) in [6.45, 7) is 15.3. The van der Waals surface area contributed by atoms with Crippen molar-refractivity contribution in [3.63, 3.8) is 0 Å². The molecule has 0 aliphatic carbocycles. The average Bonchev–Trinajstić information content (AvgIpc) is 2.47. The fourth-order valence-corrected chi connectivity index (χ4v) is 2.72. The highest BCUT2D eigenvalue weighted by Gasteiger charge is 2.23. The van der Waals surface area contributed by atoms with Gasteiger partial charge in [0.1, 0.15) is 6.17 Å². The van der Waals surface area contributed by atoms with Gasteiger partial charge in [-0.25, -0.2) is 0 Å². The number of allylic oxidation sites excluding steroid dienone is 2. The lowest BCUT2D eigenvalue weighted by Gasteiger charge is -2.36. The van der Waals surface area contributed by atoms with E-state index in [1.807, 2.05) is 6.08 Å². The summed E-state index contributed by atoms with van der Waals surface area (Å²) in [6.07, 6.45) is 7.44. The first-order chi connectivity index (χ1) is 9.94. The van der Waals surface area contributed by atoms with Crippen LogP contribution < -0.4 is 5.73 Å². The Morgan fingerprint density at radius 1 is 1.24 bits per heavy atom. The molecule has 2 atom stereocenters. The molecule has 0 bridgehead atoms. The molecule has 3 heteroatoms. The lowest BCUT2D eigenvalue weighted by molar-refractivity contribution is 0.296. The first-order valence-corrected chi connectivity index (χ1v) is 8.36. The molecular formula is C18H35N3. The van der Waals surface area contributed by atoms with E-state index < -0.39 is 0 Å². The second-order valence-electron chi connectivity index (χ2n) is 5.78. The molecule has 0 heterocycles. The molecule has 2 unspecified atom stereocenters. The summed E-state index contributed by atoms with van der Waals surface area (Å²) in [5.74, 6) is 0.272. The Labute approximate surface area is 131 Å². The minimum atomic E-state index is -0.333. The van der Waals surface area contributed by atoms with E-state index >= 15 is 0 Å². The molecule has 3 N–H and O–H groups in total. The summed E-state index contributed by atoms with van der Waals surface area (Å²) in [7, 11) is 0. The van der Waals surface area contributed by atoms with E-state index in [2.05, 4.69) is 39.2 Å². The van der Waals surface area contributed by atoms with Gasteiger partial charge >= 0.3 is 0 Å². The lowest BCUT2D eigenvalue weighted by atomic mass is 9.93.